The molecule has 3 atom stereocenters. The molecule has 0 saturated carbocycles. The van der Waals surface area contributed by atoms with Gasteiger partial charge >= 0.3 is 5.97 Å². The summed E-state index contributed by atoms with van der Waals surface area (Å²) < 4.78 is 0. The summed E-state index contributed by atoms with van der Waals surface area (Å²) in [4.78, 5) is 26.2. The van der Waals surface area contributed by atoms with E-state index in [9.17, 15) is 14.7 Å². The molecule has 1 aliphatic heterocycles. The van der Waals surface area contributed by atoms with E-state index in [0.717, 1.165) is 0 Å². The number of rotatable bonds is 6. The van der Waals surface area contributed by atoms with Gasteiger partial charge in [-0.05, 0) is 26.9 Å². The molecule has 1 rings (SSSR count). The molecule has 7 nitrogen and oxygen atoms in total. The highest BCUT2D eigenvalue weighted by atomic mass is 16.4. The molecule has 0 bridgehead atoms. The number of nitrogens with zero attached hydrogens (tertiary/aromatic N) is 2. The number of hydrogen-bond donors (Lipinski definition) is 3. The third kappa shape index (κ3) is 4.77. The number of aliphatic hydroxyl groups excluding tert-OH is 1. The maximum absolute atomic E-state index is 12.2. The number of carboxylic acids is 1. The molecule has 0 aromatic carbocycles. The summed E-state index contributed by atoms with van der Waals surface area (Å²) in [6, 6.07) is -0.876. The minimum Gasteiger partial charge on any atom is -0.481 e. The van der Waals surface area contributed by atoms with Crippen molar-refractivity contribution in [2.24, 2.45) is 5.73 Å². The van der Waals surface area contributed by atoms with Gasteiger partial charge in [0.25, 0.3) is 0 Å². The van der Waals surface area contributed by atoms with Crippen molar-refractivity contribution in [3.8, 4) is 0 Å². The second kappa shape index (κ2) is 6.83. The molecular weight excluding hydrogens is 250 g/mol. The van der Waals surface area contributed by atoms with E-state index in [1.165, 1.54) is 0 Å². The van der Waals surface area contributed by atoms with Crippen LogP contribution in [0.5, 0.6) is 0 Å². The average molecular weight is 273 g/mol. The standard InChI is InChI=1S/C12H23N3O4/c1-14(2)6-8-5-9(16)7-15(8)12(19)10(13)3-4-11(17)18/h8-10,16H,3-7,13H2,1-2H3,(H,17,18). The second-order valence-corrected chi connectivity index (χ2v) is 5.34. The zero-order valence-electron chi connectivity index (χ0n) is 11.5. The van der Waals surface area contributed by atoms with Crippen LogP contribution < -0.4 is 5.73 Å². The highest BCUT2D eigenvalue weighted by Gasteiger charge is 2.36. The summed E-state index contributed by atoms with van der Waals surface area (Å²) in [5.74, 6) is -1.24. The van der Waals surface area contributed by atoms with Crippen molar-refractivity contribution >= 4 is 11.9 Å². The lowest BCUT2D eigenvalue weighted by Crippen LogP contribution is -2.49. The summed E-state index contributed by atoms with van der Waals surface area (Å²) in [6.45, 7) is 0.937. The summed E-state index contributed by atoms with van der Waals surface area (Å²) >= 11 is 0. The summed E-state index contributed by atoms with van der Waals surface area (Å²) in [7, 11) is 3.80. The summed E-state index contributed by atoms with van der Waals surface area (Å²) in [5.41, 5.74) is 5.73. The molecule has 19 heavy (non-hydrogen) atoms. The maximum atomic E-state index is 12.2. The molecule has 1 amide bonds. The van der Waals surface area contributed by atoms with E-state index in [4.69, 9.17) is 10.8 Å². The third-order valence-electron chi connectivity index (χ3n) is 3.24. The first-order valence-corrected chi connectivity index (χ1v) is 6.42. The minimum atomic E-state index is -0.963. The Morgan fingerprint density at radius 3 is 2.63 bits per heavy atom. The predicted octanol–water partition coefficient (Wildman–Crippen LogP) is -1.30. The van der Waals surface area contributed by atoms with E-state index < -0.39 is 18.1 Å². The number of likely N-dealkylation sites (N-methyl/N-ethyl adjacent to an activating group) is 1. The van der Waals surface area contributed by atoms with Gasteiger partial charge < -0.3 is 25.7 Å². The number of hydrogen-bond acceptors (Lipinski definition) is 5. The molecule has 7 heteroatoms. The number of β-amino-alcohol motifs (C(OH)–C–C–N with tert-alkyl or cyclic N) is 1. The molecular formula is C12H23N3O4. The van der Waals surface area contributed by atoms with Gasteiger partial charge in [0.15, 0.2) is 0 Å². The van der Waals surface area contributed by atoms with Crippen LogP contribution in [-0.4, -0.2) is 77.3 Å². The Morgan fingerprint density at radius 1 is 1.47 bits per heavy atom. The highest BCUT2D eigenvalue weighted by molar-refractivity contribution is 5.83. The van der Waals surface area contributed by atoms with Gasteiger partial charge in [-0.15, -0.1) is 0 Å². The largest absolute Gasteiger partial charge is 0.481 e. The number of carbonyl (C=O) groups excluding carboxylic acids is 1. The predicted molar refractivity (Wildman–Crippen MR) is 69.5 cm³/mol. The van der Waals surface area contributed by atoms with E-state index in [1.54, 1.807) is 4.90 Å². The van der Waals surface area contributed by atoms with Gasteiger partial charge in [0.2, 0.25) is 5.91 Å². The first-order chi connectivity index (χ1) is 8.81. The fourth-order valence-corrected chi connectivity index (χ4v) is 2.37. The molecule has 110 valence electrons. The van der Waals surface area contributed by atoms with Gasteiger partial charge in [-0.2, -0.15) is 0 Å². The minimum absolute atomic E-state index is 0.0617. The Hall–Kier alpha value is -1.18. The van der Waals surface area contributed by atoms with Crippen LogP contribution in [-0.2, 0) is 9.59 Å². The van der Waals surface area contributed by atoms with E-state index in [1.807, 2.05) is 19.0 Å². The second-order valence-electron chi connectivity index (χ2n) is 5.34. The van der Waals surface area contributed by atoms with Crippen molar-refractivity contribution in [2.75, 3.05) is 27.2 Å². The topological polar surface area (TPSA) is 107 Å². The number of carboxylic acid groups (broad SMARTS) is 1. The van der Waals surface area contributed by atoms with Crippen LogP contribution in [0.2, 0.25) is 0 Å². The van der Waals surface area contributed by atoms with Crippen LogP contribution in [0.1, 0.15) is 19.3 Å². The maximum Gasteiger partial charge on any atom is 0.303 e. The Balaban J connectivity index is 2.59. The summed E-state index contributed by atoms with van der Waals surface area (Å²) in [5, 5.41) is 18.3. The van der Waals surface area contributed by atoms with Crippen LogP contribution in [0.4, 0.5) is 0 Å². The van der Waals surface area contributed by atoms with Crippen molar-refractivity contribution in [3.05, 3.63) is 0 Å². The zero-order valence-corrected chi connectivity index (χ0v) is 11.5. The molecule has 0 aromatic heterocycles. The molecule has 1 saturated heterocycles. The number of carbonyl (C=O) groups is 2. The first-order valence-electron chi connectivity index (χ1n) is 6.42. The van der Waals surface area contributed by atoms with Crippen LogP contribution in [0, 0.1) is 0 Å². The fraction of sp³-hybridized carbons (Fsp3) is 0.833. The van der Waals surface area contributed by atoms with Gasteiger partial charge in [0.05, 0.1) is 12.1 Å². The van der Waals surface area contributed by atoms with Crippen LogP contribution in [0.25, 0.3) is 0 Å². The molecule has 0 spiro atoms. The Morgan fingerprint density at radius 2 is 2.11 bits per heavy atom. The fourth-order valence-electron chi connectivity index (χ4n) is 2.37. The quantitative estimate of drug-likeness (QED) is 0.555. The first kappa shape index (κ1) is 15.9. The molecule has 0 radical (unpaired) electrons. The SMILES string of the molecule is CN(C)CC1CC(O)CN1C(=O)C(N)CCC(=O)O. The van der Waals surface area contributed by atoms with Crippen LogP contribution >= 0.6 is 0 Å². The van der Waals surface area contributed by atoms with Gasteiger partial charge in [0.1, 0.15) is 0 Å². The van der Waals surface area contributed by atoms with Gasteiger partial charge in [0, 0.05) is 25.6 Å². The molecule has 1 heterocycles. The molecule has 4 N–H and O–H groups in total. The van der Waals surface area contributed by atoms with E-state index in [-0.39, 0.29) is 31.3 Å². The highest BCUT2D eigenvalue weighted by Crippen LogP contribution is 2.20. The summed E-state index contributed by atoms with van der Waals surface area (Å²) in [6.07, 6.45) is 0.00714. The lowest BCUT2D eigenvalue weighted by molar-refractivity contribution is -0.138. The van der Waals surface area contributed by atoms with Crippen molar-refractivity contribution in [1.29, 1.82) is 0 Å². The van der Waals surface area contributed by atoms with E-state index in [0.29, 0.717) is 13.0 Å². The Labute approximate surface area is 113 Å². The third-order valence-corrected chi connectivity index (χ3v) is 3.24. The van der Waals surface area contributed by atoms with Crippen molar-refractivity contribution in [1.82, 2.24) is 9.80 Å². The lowest BCUT2D eigenvalue weighted by Gasteiger charge is -2.28. The van der Waals surface area contributed by atoms with Crippen molar-refractivity contribution in [3.63, 3.8) is 0 Å². The van der Waals surface area contributed by atoms with Crippen LogP contribution in [0.3, 0.4) is 0 Å². The molecule has 3 unspecified atom stereocenters. The zero-order chi connectivity index (χ0) is 14.6. The molecule has 0 aromatic rings. The monoisotopic (exact) mass is 273 g/mol. The van der Waals surface area contributed by atoms with Crippen molar-refractivity contribution in [2.45, 2.75) is 37.5 Å². The molecule has 0 aliphatic carbocycles. The van der Waals surface area contributed by atoms with Gasteiger partial charge in [-0.25, -0.2) is 0 Å². The average Bonchev–Trinajstić information content (AvgIpc) is 2.65. The lowest BCUT2D eigenvalue weighted by atomic mass is 10.1. The molecule has 1 aliphatic rings. The number of likely N-dealkylation sites (tertiary alicyclic amines) is 1. The number of aliphatic hydroxyl groups is 1. The van der Waals surface area contributed by atoms with Crippen molar-refractivity contribution < 1.29 is 19.8 Å². The van der Waals surface area contributed by atoms with Gasteiger partial charge in [-0.1, -0.05) is 0 Å². The van der Waals surface area contributed by atoms with Crippen LogP contribution in [0.15, 0.2) is 0 Å². The normalized spacial score (nSPS) is 24.8. The molecule has 1 fully saturated rings. The number of amides is 1. The van der Waals surface area contributed by atoms with Gasteiger partial charge in [-0.3, -0.25) is 9.59 Å². The number of aliphatic carboxylic acids is 1. The van der Waals surface area contributed by atoms with E-state index >= 15 is 0 Å². The smallest absolute Gasteiger partial charge is 0.303 e. The van der Waals surface area contributed by atoms with E-state index in [2.05, 4.69) is 0 Å². The Kier molecular flexibility index (Phi) is 5.71. The Bertz CT molecular complexity index is 335. The number of nitrogens with two attached hydrogens (primary N) is 1.